The summed E-state index contributed by atoms with van der Waals surface area (Å²) in [6.45, 7) is 1.07. The van der Waals surface area contributed by atoms with Crippen molar-refractivity contribution < 1.29 is 27.5 Å². The van der Waals surface area contributed by atoms with Crippen molar-refractivity contribution in [2.24, 2.45) is 0 Å². The summed E-state index contributed by atoms with van der Waals surface area (Å²) in [6, 6.07) is 4.35. The Labute approximate surface area is 151 Å². The van der Waals surface area contributed by atoms with E-state index in [0.717, 1.165) is 11.8 Å². The molecule has 0 radical (unpaired) electrons. The van der Waals surface area contributed by atoms with E-state index in [1.807, 2.05) is 0 Å². The Morgan fingerprint density at radius 1 is 1.27 bits per heavy atom. The van der Waals surface area contributed by atoms with Crippen LogP contribution in [0.25, 0.3) is 0 Å². The lowest BCUT2D eigenvalue weighted by molar-refractivity contribution is -0.127. The first-order valence-corrected chi connectivity index (χ1v) is 9.75. The molecule has 1 aliphatic heterocycles. The fourth-order valence-corrected chi connectivity index (χ4v) is 4.03. The Morgan fingerprint density at radius 2 is 1.96 bits per heavy atom. The predicted octanol–water partition coefficient (Wildman–Crippen LogP) is -0.584. The molecule has 0 saturated carbocycles. The summed E-state index contributed by atoms with van der Waals surface area (Å²) in [5.74, 6) is -1.67. The molecule has 0 spiro atoms. The lowest BCUT2D eigenvalue weighted by atomic mass is 10.1. The van der Waals surface area contributed by atoms with Crippen molar-refractivity contribution in [3.63, 3.8) is 0 Å². The molecule has 1 aromatic rings. The molecule has 0 aromatic heterocycles. The third-order valence-electron chi connectivity index (χ3n) is 3.88. The molecule has 9 nitrogen and oxygen atoms in total. The minimum Gasteiger partial charge on any atom is -0.452 e. The van der Waals surface area contributed by atoms with Crippen LogP contribution in [0.4, 0.5) is 5.69 Å². The summed E-state index contributed by atoms with van der Waals surface area (Å²) in [5.41, 5.74) is 1.49. The highest BCUT2D eigenvalue weighted by atomic mass is 32.2. The third-order valence-corrected chi connectivity index (χ3v) is 5.16. The van der Waals surface area contributed by atoms with E-state index in [9.17, 15) is 22.8 Å². The molecule has 1 aliphatic rings. The van der Waals surface area contributed by atoms with Crippen LogP contribution < -0.4 is 14.9 Å². The molecule has 2 N–H and O–H groups in total. The van der Waals surface area contributed by atoms with Gasteiger partial charge in [0.15, 0.2) is 6.61 Å². The van der Waals surface area contributed by atoms with E-state index in [1.165, 1.54) is 17.4 Å². The third kappa shape index (κ3) is 4.51. The molecule has 1 atom stereocenters. The molecule has 142 valence electrons. The predicted molar refractivity (Wildman–Crippen MR) is 94.3 cm³/mol. The van der Waals surface area contributed by atoms with Crippen molar-refractivity contribution in [1.29, 1.82) is 0 Å². The number of sulfonamides is 1. The second kappa shape index (κ2) is 7.73. The second-order valence-corrected chi connectivity index (χ2v) is 7.84. The maximum absolute atomic E-state index is 12.1. The van der Waals surface area contributed by atoms with Crippen LogP contribution in [0.3, 0.4) is 0 Å². The Kier molecular flexibility index (Phi) is 5.86. The first-order chi connectivity index (χ1) is 12.1. The second-order valence-electron chi connectivity index (χ2n) is 5.98. The zero-order valence-corrected chi connectivity index (χ0v) is 15.6. The van der Waals surface area contributed by atoms with Gasteiger partial charge in [0.1, 0.15) is 0 Å². The topological polar surface area (TPSA) is 122 Å². The summed E-state index contributed by atoms with van der Waals surface area (Å²) < 4.78 is 30.0. The summed E-state index contributed by atoms with van der Waals surface area (Å²) >= 11 is 0. The van der Waals surface area contributed by atoms with Crippen molar-refractivity contribution in [1.82, 2.24) is 10.6 Å². The van der Waals surface area contributed by atoms with Gasteiger partial charge in [-0.3, -0.25) is 13.9 Å². The minimum atomic E-state index is -3.40. The molecule has 0 unspecified atom stereocenters. The Balaban J connectivity index is 2.01. The van der Waals surface area contributed by atoms with E-state index in [1.54, 1.807) is 19.1 Å². The van der Waals surface area contributed by atoms with Gasteiger partial charge >= 0.3 is 5.97 Å². The highest BCUT2D eigenvalue weighted by molar-refractivity contribution is 7.92. The number of anilines is 1. The van der Waals surface area contributed by atoms with E-state index in [-0.39, 0.29) is 24.1 Å². The molecule has 26 heavy (non-hydrogen) atoms. The number of nitrogens with zero attached hydrogens (tertiary/aromatic N) is 1. The highest BCUT2D eigenvalue weighted by Crippen LogP contribution is 2.34. The number of rotatable bonds is 6. The number of benzene rings is 1. The normalized spacial score (nSPS) is 16.0. The number of nitrogens with one attached hydrogen (secondary N) is 2. The lowest BCUT2D eigenvalue weighted by Crippen LogP contribution is -2.37. The van der Waals surface area contributed by atoms with Gasteiger partial charge in [-0.15, -0.1) is 0 Å². The molecule has 0 aliphatic carbocycles. The number of ether oxygens (including phenoxy) is 1. The van der Waals surface area contributed by atoms with Gasteiger partial charge in [-0.2, -0.15) is 0 Å². The largest absolute Gasteiger partial charge is 0.452 e. The van der Waals surface area contributed by atoms with Crippen molar-refractivity contribution in [2.75, 3.05) is 30.8 Å². The zero-order valence-electron chi connectivity index (χ0n) is 14.7. The van der Waals surface area contributed by atoms with Gasteiger partial charge in [0.25, 0.3) is 5.91 Å². The van der Waals surface area contributed by atoms with Crippen LogP contribution in [0, 0.1) is 0 Å². The van der Waals surface area contributed by atoms with E-state index in [2.05, 4.69) is 10.6 Å². The van der Waals surface area contributed by atoms with Gasteiger partial charge in [-0.25, -0.2) is 13.2 Å². The molecular formula is C16H21N3O6S. The first kappa shape index (κ1) is 19.7. The van der Waals surface area contributed by atoms with Gasteiger partial charge in [0.2, 0.25) is 15.9 Å². The summed E-state index contributed by atoms with van der Waals surface area (Å²) in [4.78, 5) is 34.7. The Morgan fingerprint density at radius 3 is 2.58 bits per heavy atom. The number of carbonyl (C=O) groups is 3. The van der Waals surface area contributed by atoms with Gasteiger partial charge < -0.3 is 15.4 Å². The molecule has 2 amide bonds. The summed E-state index contributed by atoms with van der Waals surface area (Å²) in [6.07, 6.45) is 1.62. The average Bonchev–Trinajstić information content (AvgIpc) is 2.92. The number of fused-ring (bicyclic) bond motifs is 1. The van der Waals surface area contributed by atoms with Crippen molar-refractivity contribution in [2.45, 2.75) is 19.4 Å². The summed E-state index contributed by atoms with van der Waals surface area (Å²) in [7, 11) is -1.97. The average molecular weight is 383 g/mol. The van der Waals surface area contributed by atoms with E-state index in [4.69, 9.17) is 4.74 Å². The number of hydrogen-bond donors (Lipinski definition) is 2. The Bertz CT molecular complexity index is 836. The molecular weight excluding hydrogens is 362 g/mol. The number of esters is 1. The minimum absolute atomic E-state index is 0.203. The molecule has 0 fully saturated rings. The first-order valence-electron chi connectivity index (χ1n) is 7.90. The lowest BCUT2D eigenvalue weighted by Gasteiger charge is -2.21. The molecule has 0 bridgehead atoms. The molecule has 0 saturated heterocycles. The van der Waals surface area contributed by atoms with Crippen molar-refractivity contribution >= 4 is 33.5 Å². The van der Waals surface area contributed by atoms with Crippen LogP contribution in [0.2, 0.25) is 0 Å². The number of likely N-dealkylation sites (N-methyl/N-ethyl adjacent to an activating group) is 1. The monoisotopic (exact) mass is 383 g/mol. The maximum Gasteiger partial charge on any atom is 0.338 e. The van der Waals surface area contributed by atoms with E-state index < -0.39 is 28.5 Å². The van der Waals surface area contributed by atoms with Crippen LogP contribution in [0.1, 0.15) is 22.8 Å². The fourth-order valence-electron chi connectivity index (χ4n) is 2.77. The molecule has 10 heteroatoms. The van der Waals surface area contributed by atoms with Gasteiger partial charge in [0, 0.05) is 13.1 Å². The molecule has 2 rings (SSSR count). The fraction of sp³-hybridized carbons (Fsp3) is 0.438. The van der Waals surface area contributed by atoms with Crippen LogP contribution in [0.5, 0.6) is 0 Å². The standard InChI is InChI=1S/C16H21N3O6S/c1-10-6-12-7-11(4-5-13(12)19(10)26(3,23)24)16(22)25-9-15(21)18-8-14(20)17-2/h4-5,7,10H,6,8-9H2,1-3H3,(H,17,20)(H,18,21)/t10-/m0/s1. The Hall–Kier alpha value is -2.62. The quantitative estimate of drug-likeness (QED) is 0.634. The van der Waals surface area contributed by atoms with Crippen LogP contribution in [-0.2, 0) is 30.8 Å². The molecule has 1 heterocycles. The smallest absolute Gasteiger partial charge is 0.338 e. The van der Waals surface area contributed by atoms with Crippen LogP contribution >= 0.6 is 0 Å². The zero-order chi connectivity index (χ0) is 19.5. The van der Waals surface area contributed by atoms with E-state index in [0.29, 0.717) is 12.1 Å². The van der Waals surface area contributed by atoms with Crippen molar-refractivity contribution in [3.05, 3.63) is 29.3 Å². The number of carbonyl (C=O) groups excluding carboxylic acids is 3. The van der Waals surface area contributed by atoms with Crippen LogP contribution in [0.15, 0.2) is 18.2 Å². The highest BCUT2D eigenvalue weighted by Gasteiger charge is 2.32. The van der Waals surface area contributed by atoms with Crippen molar-refractivity contribution in [3.8, 4) is 0 Å². The molecule has 1 aromatic carbocycles. The maximum atomic E-state index is 12.1. The van der Waals surface area contributed by atoms with E-state index >= 15 is 0 Å². The van der Waals surface area contributed by atoms with Crippen LogP contribution in [-0.4, -0.2) is 58.7 Å². The number of hydrogen-bond acceptors (Lipinski definition) is 6. The van der Waals surface area contributed by atoms with Gasteiger partial charge in [-0.05, 0) is 37.1 Å². The van der Waals surface area contributed by atoms with Gasteiger partial charge in [-0.1, -0.05) is 0 Å². The number of amides is 2. The van der Waals surface area contributed by atoms with Gasteiger partial charge in [0.05, 0.1) is 24.1 Å². The SMILES string of the molecule is CNC(=O)CNC(=O)COC(=O)c1ccc2c(c1)C[C@H](C)N2S(C)(=O)=O. The summed E-state index contributed by atoms with van der Waals surface area (Å²) in [5, 5.41) is 4.65.